The molecule has 0 aliphatic heterocycles. The van der Waals surface area contributed by atoms with Crippen molar-refractivity contribution < 1.29 is 14.5 Å². The van der Waals surface area contributed by atoms with Gasteiger partial charge in [-0.3, -0.25) is 20.2 Å². The monoisotopic (exact) mass is 493 g/mol. The van der Waals surface area contributed by atoms with Gasteiger partial charge in [-0.2, -0.15) is 0 Å². The molecule has 2 aromatic rings. The Morgan fingerprint density at radius 3 is 2.67 bits per heavy atom. The summed E-state index contributed by atoms with van der Waals surface area (Å²) in [5, 5.41) is 16.5. The number of nitro groups is 1. The number of nitro benzene ring substituents is 1. The molecular weight excluding hydrogens is 470 g/mol. The maximum absolute atomic E-state index is 12.8. The van der Waals surface area contributed by atoms with Gasteiger partial charge in [0.05, 0.1) is 17.1 Å². The van der Waals surface area contributed by atoms with Crippen molar-refractivity contribution in [1.29, 1.82) is 0 Å². The largest absolute Gasteiger partial charge is 0.493 e. The second-order valence-corrected chi connectivity index (χ2v) is 8.04. The predicted molar refractivity (Wildman–Crippen MR) is 125 cm³/mol. The molecule has 0 aliphatic carbocycles. The van der Waals surface area contributed by atoms with E-state index in [1.165, 1.54) is 12.1 Å². The third-order valence-corrected chi connectivity index (χ3v) is 5.05. The van der Waals surface area contributed by atoms with E-state index in [4.69, 9.17) is 17.0 Å². The Balaban J connectivity index is 2.06. The van der Waals surface area contributed by atoms with Crippen LogP contribution in [-0.4, -0.2) is 22.5 Å². The molecule has 9 heteroatoms. The van der Waals surface area contributed by atoms with Crippen molar-refractivity contribution in [2.45, 2.75) is 39.5 Å². The van der Waals surface area contributed by atoms with E-state index in [0.29, 0.717) is 23.6 Å². The molecule has 160 valence electrons. The third kappa shape index (κ3) is 7.07. The summed E-state index contributed by atoms with van der Waals surface area (Å²) in [5.41, 5.74) is 1.50. The van der Waals surface area contributed by atoms with Crippen LogP contribution in [0.4, 0.5) is 11.4 Å². The molecule has 30 heavy (non-hydrogen) atoms. The van der Waals surface area contributed by atoms with E-state index < -0.39 is 10.8 Å². The Bertz CT molecular complexity index is 936. The van der Waals surface area contributed by atoms with Gasteiger partial charge in [-0.15, -0.1) is 0 Å². The number of hydrogen-bond donors (Lipinski definition) is 2. The molecule has 7 nitrogen and oxygen atoms in total. The van der Waals surface area contributed by atoms with Crippen molar-refractivity contribution in [2.75, 3.05) is 11.9 Å². The Labute approximate surface area is 189 Å². The van der Waals surface area contributed by atoms with E-state index in [-0.39, 0.29) is 10.8 Å². The molecule has 0 saturated heterocycles. The van der Waals surface area contributed by atoms with Crippen molar-refractivity contribution in [3.8, 4) is 5.75 Å². The smallest absolute Gasteiger partial charge is 0.271 e. The van der Waals surface area contributed by atoms with E-state index in [1.807, 2.05) is 0 Å². The first-order chi connectivity index (χ1) is 14.3. The molecule has 0 saturated carbocycles. The standard InChI is InChI=1S/C21H24BrN3O4S/c1-3-4-5-6-11-29-19-10-8-15(22)12-17(19)20(26)24-21(30)23-18-13-16(25(27)28)9-7-14(18)2/h7-10,12-13H,3-6,11H2,1-2H3,(H2,23,24,26,30). The molecule has 0 fully saturated rings. The van der Waals surface area contributed by atoms with Crippen LogP contribution in [0.15, 0.2) is 40.9 Å². The zero-order valence-electron chi connectivity index (χ0n) is 16.9. The van der Waals surface area contributed by atoms with Gasteiger partial charge in [0.2, 0.25) is 0 Å². The number of thiocarbonyl (C=S) groups is 1. The summed E-state index contributed by atoms with van der Waals surface area (Å²) < 4.78 is 6.54. The van der Waals surface area contributed by atoms with Gasteiger partial charge in [-0.25, -0.2) is 0 Å². The van der Waals surface area contributed by atoms with Gasteiger partial charge in [-0.05, 0) is 49.3 Å². The van der Waals surface area contributed by atoms with Crippen molar-refractivity contribution in [3.05, 3.63) is 62.1 Å². The van der Waals surface area contributed by atoms with Crippen molar-refractivity contribution in [1.82, 2.24) is 5.32 Å². The number of rotatable bonds is 9. The van der Waals surface area contributed by atoms with E-state index in [9.17, 15) is 14.9 Å². The number of carbonyl (C=O) groups is 1. The number of hydrogen-bond acceptors (Lipinski definition) is 5. The van der Waals surface area contributed by atoms with Crippen LogP contribution in [0.2, 0.25) is 0 Å². The first-order valence-corrected chi connectivity index (χ1v) is 10.8. The number of halogens is 1. The van der Waals surface area contributed by atoms with Gasteiger partial charge < -0.3 is 10.1 Å². The minimum atomic E-state index is -0.488. The maximum atomic E-state index is 12.8. The highest BCUT2D eigenvalue weighted by Crippen LogP contribution is 2.24. The molecule has 0 aromatic heterocycles. The molecule has 0 radical (unpaired) electrons. The van der Waals surface area contributed by atoms with Crippen molar-refractivity contribution in [2.24, 2.45) is 0 Å². The maximum Gasteiger partial charge on any atom is 0.271 e. The fourth-order valence-electron chi connectivity index (χ4n) is 2.70. The van der Waals surface area contributed by atoms with Gasteiger partial charge in [0.15, 0.2) is 5.11 Å². The van der Waals surface area contributed by atoms with Crippen LogP contribution in [0.5, 0.6) is 5.75 Å². The van der Waals surface area contributed by atoms with Crippen LogP contribution >= 0.6 is 28.1 Å². The minimum absolute atomic E-state index is 0.0393. The second-order valence-electron chi connectivity index (χ2n) is 6.71. The number of ether oxygens (including phenoxy) is 1. The summed E-state index contributed by atoms with van der Waals surface area (Å²) in [6.07, 6.45) is 4.27. The Hall–Kier alpha value is -2.52. The van der Waals surface area contributed by atoms with Crippen molar-refractivity contribution in [3.63, 3.8) is 0 Å². The Kier molecular flexibility index (Phi) is 9.19. The van der Waals surface area contributed by atoms with Gasteiger partial charge in [-0.1, -0.05) is 48.2 Å². The summed E-state index contributed by atoms with van der Waals surface area (Å²) in [5.74, 6) is 0.0435. The molecule has 0 aliphatic rings. The number of amides is 1. The summed E-state index contributed by atoms with van der Waals surface area (Å²) >= 11 is 8.60. The number of nitrogens with zero attached hydrogens (tertiary/aromatic N) is 1. The minimum Gasteiger partial charge on any atom is -0.493 e. The fourth-order valence-corrected chi connectivity index (χ4v) is 3.26. The highest BCUT2D eigenvalue weighted by Gasteiger charge is 2.16. The molecule has 1 amide bonds. The number of benzene rings is 2. The highest BCUT2D eigenvalue weighted by molar-refractivity contribution is 9.10. The van der Waals surface area contributed by atoms with Crippen LogP contribution in [0.1, 0.15) is 48.5 Å². The van der Waals surface area contributed by atoms with Gasteiger partial charge in [0.1, 0.15) is 5.75 Å². The Morgan fingerprint density at radius 2 is 1.97 bits per heavy atom. The quantitative estimate of drug-likeness (QED) is 0.200. The zero-order chi connectivity index (χ0) is 22.1. The number of nitrogens with one attached hydrogen (secondary N) is 2. The van der Waals surface area contributed by atoms with Crippen LogP contribution in [0.3, 0.4) is 0 Å². The molecule has 0 unspecified atom stereocenters. The average molecular weight is 494 g/mol. The zero-order valence-corrected chi connectivity index (χ0v) is 19.3. The lowest BCUT2D eigenvalue weighted by molar-refractivity contribution is -0.384. The summed E-state index contributed by atoms with van der Waals surface area (Å²) in [7, 11) is 0. The van der Waals surface area contributed by atoms with Crippen LogP contribution in [0, 0.1) is 17.0 Å². The lowest BCUT2D eigenvalue weighted by Crippen LogP contribution is -2.34. The van der Waals surface area contributed by atoms with E-state index in [0.717, 1.165) is 35.7 Å². The van der Waals surface area contributed by atoms with Gasteiger partial charge in [0.25, 0.3) is 11.6 Å². The number of unbranched alkanes of at least 4 members (excludes halogenated alkanes) is 3. The predicted octanol–water partition coefficient (Wildman–Crippen LogP) is 5.75. The number of carbonyl (C=O) groups excluding carboxylic acids is 1. The lowest BCUT2D eigenvalue weighted by Gasteiger charge is -2.14. The molecule has 2 rings (SSSR count). The average Bonchev–Trinajstić information content (AvgIpc) is 2.70. The van der Waals surface area contributed by atoms with Gasteiger partial charge in [0, 0.05) is 22.3 Å². The SMILES string of the molecule is CCCCCCOc1ccc(Br)cc1C(=O)NC(=S)Nc1cc([N+](=O)[O-])ccc1C. The second kappa shape index (κ2) is 11.6. The van der Waals surface area contributed by atoms with Gasteiger partial charge >= 0.3 is 0 Å². The van der Waals surface area contributed by atoms with E-state index >= 15 is 0 Å². The summed E-state index contributed by atoms with van der Waals surface area (Å²) in [4.78, 5) is 23.3. The van der Waals surface area contributed by atoms with Crippen molar-refractivity contribution >= 4 is 50.5 Å². The van der Waals surface area contributed by atoms with Crippen LogP contribution in [0.25, 0.3) is 0 Å². The van der Waals surface area contributed by atoms with Crippen LogP contribution in [-0.2, 0) is 0 Å². The highest BCUT2D eigenvalue weighted by atomic mass is 79.9. The van der Waals surface area contributed by atoms with Crippen LogP contribution < -0.4 is 15.4 Å². The van der Waals surface area contributed by atoms with E-state index in [1.54, 1.807) is 31.2 Å². The topological polar surface area (TPSA) is 93.5 Å². The Morgan fingerprint density at radius 1 is 1.20 bits per heavy atom. The number of non-ortho nitro benzene ring substituents is 1. The molecular formula is C21H24BrN3O4S. The fraction of sp³-hybridized carbons (Fsp3) is 0.333. The molecule has 2 N–H and O–H groups in total. The third-order valence-electron chi connectivity index (χ3n) is 4.35. The molecule has 0 atom stereocenters. The molecule has 0 spiro atoms. The molecule has 2 aromatic carbocycles. The summed E-state index contributed by atoms with van der Waals surface area (Å²) in [6, 6.07) is 9.61. The first-order valence-electron chi connectivity index (χ1n) is 9.61. The normalized spacial score (nSPS) is 10.4. The number of aryl methyl sites for hydroxylation is 1. The summed E-state index contributed by atoms with van der Waals surface area (Å²) in [6.45, 7) is 4.46. The number of anilines is 1. The molecule has 0 bridgehead atoms. The van der Waals surface area contributed by atoms with E-state index in [2.05, 4.69) is 33.5 Å². The lowest BCUT2D eigenvalue weighted by atomic mass is 10.1. The molecule has 0 heterocycles. The first kappa shape index (κ1) is 23.8.